The van der Waals surface area contributed by atoms with E-state index in [1.54, 1.807) is 26.0 Å². The average molecular weight is 381 g/mol. The molecule has 0 radical (unpaired) electrons. The number of rotatable bonds is 7. The minimum atomic E-state index is -3.79. The Morgan fingerprint density at radius 3 is 2.65 bits per heavy atom. The van der Waals surface area contributed by atoms with Crippen molar-refractivity contribution in [3.63, 3.8) is 0 Å². The fraction of sp³-hybridized carbons (Fsp3) is 0.412. The Hall–Kier alpha value is -2.39. The molecule has 0 unspecified atom stereocenters. The molecule has 1 amide bonds. The molecule has 0 aliphatic rings. The van der Waals surface area contributed by atoms with E-state index >= 15 is 0 Å². The van der Waals surface area contributed by atoms with Crippen LogP contribution in [0.4, 0.5) is 5.88 Å². The SMILES string of the molecule is CC[C@@H](C)NS(=O)(=O)c1cc(-c2c(C)noc2NC(C)=O)ccc1OC. The molecule has 9 heteroatoms. The lowest BCUT2D eigenvalue weighted by Gasteiger charge is -2.15. The monoisotopic (exact) mass is 381 g/mol. The van der Waals surface area contributed by atoms with Crippen molar-refractivity contribution in [3.05, 3.63) is 23.9 Å². The number of carbonyl (C=O) groups excluding carboxylic acids is 1. The number of aromatic nitrogens is 1. The second kappa shape index (κ2) is 7.88. The van der Waals surface area contributed by atoms with Crippen LogP contribution in [0.3, 0.4) is 0 Å². The number of benzene rings is 1. The summed E-state index contributed by atoms with van der Waals surface area (Å²) in [5, 5.41) is 6.41. The van der Waals surface area contributed by atoms with E-state index in [0.29, 0.717) is 23.2 Å². The van der Waals surface area contributed by atoms with Crippen LogP contribution in [-0.2, 0) is 14.8 Å². The summed E-state index contributed by atoms with van der Waals surface area (Å²) < 4.78 is 38.5. The summed E-state index contributed by atoms with van der Waals surface area (Å²) >= 11 is 0. The minimum absolute atomic E-state index is 0.00664. The number of nitrogens with one attached hydrogen (secondary N) is 2. The van der Waals surface area contributed by atoms with Crippen LogP contribution in [0.2, 0.25) is 0 Å². The molecule has 2 aromatic rings. The molecule has 2 rings (SSSR count). The maximum atomic E-state index is 12.8. The van der Waals surface area contributed by atoms with Crippen molar-refractivity contribution in [1.82, 2.24) is 9.88 Å². The van der Waals surface area contributed by atoms with Gasteiger partial charge in [-0.3, -0.25) is 10.1 Å². The Labute approximate surface area is 153 Å². The van der Waals surface area contributed by atoms with E-state index in [9.17, 15) is 13.2 Å². The molecule has 0 saturated carbocycles. The molecule has 0 aliphatic carbocycles. The van der Waals surface area contributed by atoms with Crippen LogP contribution in [-0.4, -0.2) is 32.6 Å². The molecule has 0 spiro atoms. The van der Waals surface area contributed by atoms with Gasteiger partial charge in [-0.05, 0) is 38.0 Å². The van der Waals surface area contributed by atoms with Gasteiger partial charge in [-0.1, -0.05) is 18.1 Å². The number of amides is 1. The molecule has 8 nitrogen and oxygen atoms in total. The molecule has 1 atom stereocenters. The van der Waals surface area contributed by atoms with E-state index in [4.69, 9.17) is 9.26 Å². The van der Waals surface area contributed by atoms with Crippen LogP contribution in [0.25, 0.3) is 11.1 Å². The zero-order valence-corrected chi connectivity index (χ0v) is 16.2. The maximum absolute atomic E-state index is 12.8. The number of sulfonamides is 1. The minimum Gasteiger partial charge on any atom is -0.495 e. The first-order chi connectivity index (χ1) is 12.2. The number of methoxy groups -OCH3 is 1. The van der Waals surface area contributed by atoms with Crippen LogP contribution in [0.15, 0.2) is 27.6 Å². The third-order valence-corrected chi connectivity index (χ3v) is 5.47. The van der Waals surface area contributed by atoms with E-state index in [-0.39, 0.29) is 28.5 Å². The van der Waals surface area contributed by atoms with Gasteiger partial charge in [0.2, 0.25) is 21.8 Å². The molecule has 0 aliphatic heterocycles. The number of aryl methyl sites for hydroxylation is 1. The van der Waals surface area contributed by atoms with E-state index < -0.39 is 10.0 Å². The highest BCUT2D eigenvalue weighted by molar-refractivity contribution is 7.89. The first-order valence-corrected chi connectivity index (χ1v) is 9.62. The van der Waals surface area contributed by atoms with E-state index in [0.717, 1.165) is 0 Å². The highest BCUT2D eigenvalue weighted by Crippen LogP contribution is 2.35. The van der Waals surface area contributed by atoms with Crippen molar-refractivity contribution in [3.8, 4) is 16.9 Å². The fourth-order valence-electron chi connectivity index (χ4n) is 2.41. The Bertz CT molecular complexity index is 905. The van der Waals surface area contributed by atoms with Crippen LogP contribution in [0.5, 0.6) is 5.75 Å². The predicted octanol–water partition coefficient (Wildman–Crippen LogP) is 2.69. The van der Waals surface area contributed by atoms with Gasteiger partial charge in [-0.15, -0.1) is 0 Å². The molecule has 142 valence electrons. The van der Waals surface area contributed by atoms with Gasteiger partial charge in [0.05, 0.1) is 18.4 Å². The van der Waals surface area contributed by atoms with Gasteiger partial charge >= 0.3 is 0 Å². The summed E-state index contributed by atoms with van der Waals surface area (Å²) in [6.07, 6.45) is 0.651. The van der Waals surface area contributed by atoms with Crippen molar-refractivity contribution in [2.24, 2.45) is 0 Å². The van der Waals surface area contributed by atoms with Gasteiger partial charge in [0.25, 0.3) is 0 Å². The van der Waals surface area contributed by atoms with Crippen molar-refractivity contribution < 1.29 is 22.5 Å². The lowest BCUT2D eigenvalue weighted by atomic mass is 10.1. The lowest BCUT2D eigenvalue weighted by Crippen LogP contribution is -2.32. The molecule has 0 saturated heterocycles. The molecule has 0 fully saturated rings. The van der Waals surface area contributed by atoms with Gasteiger partial charge in [0.1, 0.15) is 10.6 Å². The van der Waals surface area contributed by atoms with Gasteiger partial charge in [0.15, 0.2) is 0 Å². The van der Waals surface area contributed by atoms with Crippen LogP contribution in [0, 0.1) is 6.92 Å². The number of carbonyl (C=O) groups is 1. The average Bonchev–Trinajstić information content (AvgIpc) is 2.93. The molecule has 1 heterocycles. The Balaban J connectivity index is 2.58. The van der Waals surface area contributed by atoms with Crippen LogP contribution < -0.4 is 14.8 Å². The van der Waals surface area contributed by atoms with Gasteiger partial charge in [0, 0.05) is 13.0 Å². The Kier molecular flexibility index (Phi) is 6.04. The standard InChI is InChI=1S/C17H23N3O5S/c1-6-10(2)20-26(22,23)15-9-13(7-8-14(15)24-5)16-11(3)19-25-17(16)18-12(4)21/h7-10,20H,6H2,1-5H3,(H,18,21)/t10-/m1/s1. The summed E-state index contributed by atoms with van der Waals surface area (Å²) in [6, 6.07) is 4.51. The molecular formula is C17H23N3O5S. The van der Waals surface area contributed by atoms with Crippen LogP contribution >= 0.6 is 0 Å². The molecule has 0 bridgehead atoms. The van der Waals surface area contributed by atoms with Gasteiger partial charge in [-0.2, -0.15) is 0 Å². The first-order valence-electron chi connectivity index (χ1n) is 8.14. The Morgan fingerprint density at radius 1 is 1.38 bits per heavy atom. The molecule has 2 N–H and O–H groups in total. The number of hydrogen-bond acceptors (Lipinski definition) is 6. The maximum Gasteiger partial charge on any atom is 0.244 e. The summed E-state index contributed by atoms with van der Waals surface area (Å²) in [7, 11) is -2.38. The number of hydrogen-bond donors (Lipinski definition) is 2. The second-order valence-electron chi connectivity index (χ2n) is 5.95. The molecular weight excluding hydrogens is 358 g/mol. The molecule has 1 aromatic heterocycles. The summed E-state index contributed by atoms with van der Waals surface area (Å²) in [4.78, 5) is 11.4. The normalized spacial score (nSPS) is 12.7. The number of anilines is 1. The third kappa shape index (κ3) is 4.23. The largest absolute Gasteiger partial charge is 0.495 e. The summed E-state index contributed by atoms with van der Waals surface area (Å²) in [5.74, 6) is 0.0698. The predicted molar refractivity (Wildman–Crippen MR) is 97.6 cm³/mol. The topological polar surface area (TPSA) is 111 Å². The molecule has 1 aromatic carbocycles. The lowest BCUT2D eigenvalue weighted by molar-refractivity contribution is -0.114. The second-order valence-corrected chi connectivity index (χ2v) is 7.63. The van der Waals surface area contributed by atoms with E-state index in [2.05, 4.69) is 15.2 Å². The van der Waals surface area contributed by atoms with Crippen molar-refractivity contribution in [2.75, 3.05) is 12.4 Å². The summed E-state index contributed by atoms with van der Waals surface area (Å²) in [5.41, 5.74) is 1.58. The first kappa shape index (κ1) is 19.9. The van der Waals surface area contributed by atoms with Gasteiger partial charge in [-0.25, -0.2) is 13.1 Å². The zero-order valence-electron chi connectivity index (χ0n) is 15.4. The van der Waals surface area contributed by atoms with E-state index in [1.807, 2.05) is 6.92 Å². The highest BCUT2D eigenvalue weighted by Gasteiger charge is 2.24. The smallest absolute Gasteiger partial charge is 0.244 e. The van der Waals surface area contributed by atoms with Gasteiger partial charge < -0.3 is 9.26 Å². The zero-order chi connectivity index (χ0) is 19.5. The number of ether oxygens (including phenoxy) is 1. The van der Waals surface area contributed by atoms with Crippen molar-refractivity contribution >= 4 is 21.8 Å². The quantitative estimate of drug-likeness (QED) is 0.763. The number of nitrogens with zero attached hydrogens (tertiary/aromatic N) is 1. The summed E-state index contributed by atoms with van der Waals surface area (Å²) in [6.45, 7) is 6.73. The van der Waals surface area contributed by atoms with Crippen molar-refractivity contribution in [1.29, 1.82) is 0 Å². The van der Waals surface area contributed by atoms with E-state index in [1.165, 1.54) is 20.1 Å². The highest BCUT2D eigenvalue weighted by atomic mass is 32.2. The van der Waals surface area contributed by atoms with Crippen LogP contribution in [0.1, 0.15) is 32.9 Å². The Morgan fingerprint density at radius 2 is 2.08 bits per heavy atom. The van der Waals surface area contributed by atoms with Crippen molar-refractivity contribution in [2.45, 2.75) is 45.1 Å². The third-order valence-electron chi connectivity index (χ3n) is 3.86. The molecule has 26 heavy (non-hydrogen) atoms. The fourth-order valence-corrected chi connectivity index (χ4v) is 3.93.